The number of benzene rings is 1. The van der Waals surface area contributed by atoms with Crippen LogP contribution in [0.3, 0.4) is 0 Å². The van der Waals surface area contributed by atoms with Crippen molar-refractivity contribution >= 4 is 21.6 Å². The van der Waals surface area contributed by atoms with Crippen LogP contribution < -0.4 is 10.2 Å². The van der Waals surface area contributed by atoms with E-state index in [9.17, 15) is 4.39 Å². The molecule has 0 amide bonds. The highest BCUT2D eigenvalue weighted by Crippen LogP contribution is 2.28. The number of hydrogen-bond donors (Lipinski definition) is 1. The summed E-state index contributed by atoms with van der Waals surface area (Å²) in [4.78, 5) is 2.33. The average Bonchev–Trinajstić information content (AvgIpc) is 2.54. The van der Waals surface area contributed by atoms with Gasteiger partial charge in [-0.25, -0.2) is 4.39 Å². The van der Waals surface area contributed by atoms with E-state index >= 15 is 0 Å². The molecule has 0 aromatic heterocycles. The fourth-order valence-electron chi connectivity index (χ4n) is 2.23. The zero-order valence-corrected chi connectivity index (χ0v) is 11.6. The highest BCUT2D eigenvalue weighted by atomic mass is 79.9. The van der Waals surface area contributed by atoms with Crippen molar-refractivity contribution in [1.29, 1.82) is 0 Å². The molecule has 1 heterocycles. The van der Waals surface area contributed by atoms with Gasteiger partial charge in [-0.1, -0.05) is 6.92 Å². The number of nitrogens with zero attached hydrogens (tertiary/aromatic N) is 1. The van der Waals surface area contributed by atoms with E-state index in [4.69, 9.17) is 0 Å². The molecular weight excluding hydrogens is 283 g/mol. The van der Waals surface area contributed by atoms with Gasteiger partial charge in [-0.3, -0.25) is 0 Å². The summed E-state index contributed by atoms with van der Waals surface area (Å²) in [5, 5.41) is 3.53. The lowest BCUT2D eigenvalue weighted by Gasteiger charge is -2.27. The topological polar surface area (TPSA) is 15.3 Å². The van der Waals surface area contributed by atoms with Crippen molar-refractivity contribution in [3.8, 4) is 0 Å². The average molecular weight is 301 g/mol. The first-order valence-corrected chi connectivity index (χ1v) is 6.93. The summed E-state index contributed by atoms with van der Waals surface area (Å²) in [6.45, 7) is 5.27. The Kier molecular flexibility index (Phi) is 4.40. The van der Waals surface area contributed by atoms with Crippen molar-refractivity contribution in [2.45, 2.75) is 25.8 Å². The molecule has 0 spiro atoms. The van der Waals surface area contributed by atoms with E-state index in [1.165, 1.54) is 12.1 Å². The minimum atomic E-state index is -0.194. The molecule has 1 aliphatic rings. The Morgan fingerprint density at radius 1 is 1.53 bits per heavy atom. The van der Waals surface area contributed by atoms with Gasteiger partial charge in [-0.05, 0) is 53.5 Å². The molecule has 0 radical (unpaired) electrons. The molecule has 4 heteroatoms. The number of nitrogens with one attached hydrogen (secondary N) is 1. The molecule has 0 bridgehead atoms. The Morgan fingerprint density at radius 2 is 2.35 bits per heavy atom. The van der Waals surface area contributed by atoms with Gasteiger partial charge < -0.3 is 10.2 Å². The largest absolute Gasteiger partial charge is 0.369 e. The van der Waals surface area contributed by atoms with E-state index in [2.05, 4.69) is 33.1 Å². The number of hydrogen-bond acceptors (Lipinski definition) is 2. The molecule has 1 fully saturated rings. The van der Waals surface area contributed by atoms with Crippen molar-refractivity contribution in [3.63, 3.8) is 0 Å². The van der Waals surface area contributed by atoms with Crippen LogP contribution in [0.2, 0.25) is 0 Å². The Labute approximate surface area is 110 Å². The van der Waals surface area contributed by atoms with E-state index < -0.39 is 0 Å². The van der Waals surface area contributed by atoms with Gasteiger partial charge in [0.05, 0.1) is 5.69 Å². The fourth-order valence-corrected chi connectivity index (χ4v) is 2.83. The summed E-state index contributed by atoms with van der Waals surface area (Å²) in [5.41, 5.74) is 1.09. The minimum Gasteiger partial charge on any atom is -0.369 e. The molecular formula is C13H18BrFN2. The highest BCUT2D eigenvalue weighted by Gasteiger charge is 2.18. The molecule has 1 N–H and O–H groups in total. The third-order valence-electron chi connectivity index (χ3n) is 3.22. The molecule has 0 saturated carbocycles. The monoisotopic (exact) mass is 300 g/mol. The second-order valence-corrected chi connectivity index (χ2v) is 5.31. The van der Waals surface area contributed by atoms with Crippen molar-refractivity contribution in [2.75, 3.05) is 24.5 Å². The van der Waals surface area contributed by atoms with Crippen LogP contribution in [0, 0.1) is 5.82 Å². The lowest BCUT2D eigenvalue weighted by molar-refractivity contribution is 0.528. The Bertz CT molecular complexity index is 384. The molecule has 1 atom stereocenters. The Balaban J connectivity index is 2.19. The summed E-state index contributed by atoms with van der Waals surface area (Å²) in [7, 11) is 0. The van der Waals surface area contributed by atoms with Crippen molar-refractivity contribution < 1.29 is 4.39 Å². The molecule has 2 rings (SSSR count). The molecule has 17 heavy (non-hydrogen) atoms. The van der Waals surface area contributed by atoms with Crippen molar-refractivity contribution in [1.82, 2.24) is 5.32 Å². The molecule has 1 aliphatic heterocycles. The van der Waals surface area contributed by atoms with Crippen LogP contribution in [-0.2, 0) is 0 Å². The number of halogens is 2. The third-order valence-corrected chi connectivity index (χ3v) is 3.86. The van der Waals surface area contributed by atoms with Crippen LogP contribution in [0.15, 0.2) is 22.7 Å². The van der Waals surface area contributed by atoms with Gasteiger partial charge in [0.25, 0.3) is 0 Å². The van der Waals surface area contributed by atoms with Gasteiger partial charge >= 0.3 is 0 Å². The van der Waals surface area contributed by atoms with E-state index in [0.29, 0.717) is 6.04 Å². The fraction of sp³-hybridized carbons (Fsp3) is 0.538. The van der Waals surface area contributed by atoms with Crippen LogP contribution in [0.25, 0.3) is 0 Å². The van der Waals surface area contributed by atoms with Gasteiger partial charge in [-0.2, -0.15) is 0 Å². The van der Waals surface area contributed by atoms with E-state index in [-0.39, 0.29) is 5.82 Å². The lowest BCUT2D eigenvalue weighted by Crippen LogP contribution is -2.37. The zero-order valence-electron chi connectivity index (χ0n) is 10.0. The maximum absolute atomic E-state index is 13.1. The summed E-state index contributed by atoms with van der Waals surface area (Å²) in [5.74, 6) is -0.194. The second kappa shape index (κ2) is 5.83. The molecule has 1 unspecified atom stereocenters. The highest BCUT2D eigenvalue weighted by molar-refractivity contribution is 9.10. The van der Waals surface area contributed by atoms with E-state index in [1.807, 2.05) is 6.07 Å². The SMILES string of the molecule is CCC1CN(c2ccc(F)cc2Br)CCCN1. The maximum Gasteiger partial charge on any atom is 0.124 e. The standard InChI is InChI=1S/C13H18BrFN2/c1-2-11-9-17(7-3-6-16-11)13-5-4-10(15)8-12(13)14/h4-5,8,11,16H,2-3,6-7,9H2,1H3. The number of anilines is 1. The van der Waals surface area contributed by atoms with Crippen LogP contribution in [0.1, 0.15) is 19.8 Å². The summed E-state index contributed by atoms with van der Waals surface area (Å²) in [6, 6.07) is 5.44. The van der Waals surface area contributed by atoms with Gasteiger partial charge in [-0.15, -0.1) is 0 Å². The van der Waals surface area contributed by atoms with Gasteiger partial charge in [0, 0.05) is 23.6 Å². The molecule has 94 valence electrons. The molecule has 0 aliphatic carbocycles. The third kappa shape index (κ3) is 3.19. The van der Waals surface area contributed by atoms with Crippen molar-refractivity contribution in [2.24, 2.45) is 0 Å². The van der Waals surface area contributed by atoms with Crippen LogP contribution in [-0.4, -0.2) is 25.7 Å². The van der Waals surface area contributed by atoms with Crippen molar-refractivity contribution in [3.05, 3.63) is 28.5 Å². The summed E-state index contributed by atoms with van der Waals surface area (Å²) >= 11 is 3.45. The second-order valence-electron chi connectivity index (χ2n) is 4.45. The van der Waals surface area contributed by atoms with Crippen LogP contribution in [0.5, 0.6) is 0 Å². The first-order valence-electron chi connectivity index (χ1n) is 6.14. The summed E-state index contributed by atoms with van der Waals surface area (Å²) < 4.78 is 13.9. The molecule has 1 aromatic rings. The van der Waals surface area contributed by atoms with E-state index in [1.54, 1.807) is 0 Å². The summed E-state index contributed by atoms with van der Waals surface area (Å²) in [6.07, 6.45) is 2.25. The lowest BCUT2D eigenvalue weighted by atomic mass is 10.2. The maximum atomic E-state index is 13.1. The normalized spacial score (nSPS) is 21.4. The molecule has 1 saturated heterocycles. The zero-order chi connectivity index (χ0) is 12.3. The smallest absolute Gasteiger partial charge is 0.124 e. The van der Waals surface area contributed by atoms with Crippen LogP contribution in [0.4, 0.5) is 10.1 Å². The predicted octanol–water partition coefficient (Wildman–Crippen LogP) is 3.17. The quantitative estimate of drug-likeness (QED) is 0.902. The van der Waals surface area contributed by atoms with Gasteiger partial charge in [0.1, 0.15) is 5.82 Å². The van der Waals surface area contributed by atoms with E-state index in [0.717, 1.165) is 42.6 Å². The molecule has 1 aromatic carbocycles. The van der Waals surface area contributed by atoms with Gasteiger partial charge in [0.15, 0.2) is 0 Å². The Hall–Kier alpha value is -0.610. The predicted molar refractivity (Wildman–Crippen MR) is 73.0 cm³/mol. The van der Waals surface area contributed by atoms with Gasteiger partial charge in [0.2, 0.25) is 0 Å². The Morgan fingerprint density at radius 3 is 3.06 bits per heavy atom. The first-order chi connectivity index (χ1) is 8.20. The first kappa shape index (κ1) is 12.8. The van der Waals surface area contributed by atoms with Crippen LogP contribution >= 0.6 is 15.9 Å². The molecule has 2 nitrogen and oxygen atoms in total. The number of rotatable bonds is 2. The minimum absolute atomic E-state index is 0.194.